The molecule has 1 aliphatic rings. The molecular formula is C23H20N4O2S. The van der Waals surface area contributed by atoms with Crippen LogP contribution in [-0.2, 0) is 16.9 Å². The molecule has 3 aromatic rings. The van der Waals surface area contributed by atoms with Gasteiger partial charge in [-0.15, -0.1) is 0 Å². The number of nitrogens with one attached hydrogen (secondary N) is 3. The number of amides is 3. The molecule has 1 fully saturated rings. The molecule has 0 saturated carbocycles. The summed E-state index contributed by atoms with van der Waals surface area (Å²) in [5.74, 6) is -0.450. The minimum atomic E-state index is -1.33. The number of carbonyl (C=O) groups is 2. The maximum atomic E-state index is 13.5. The molecule has 0 atom stereocenters. The van der Waals surface area contributed by atoms with Gasteiger partial charge in [0.1, 0.15) is 0 Å². The minimum absolute atomic E-state index is 0.180. The molecule has 0 radical (unpaired) electrons. The van der Waals surface area contributed by atoms with Crippen LogP contribution in [0.5, 0.6) is 0 Å². The second-order valence-electron chi connectivity index (χ2n) is 6.83. The number of urea groups is 1. The molecule has 7 heteroatoms. The number of hydrazine groups is 1. The Kier molecular flexibility index (Phi) is 5.45. The number of rotatable bonds is 5. The van der Waals surface area contributed by atoms with Crippen molar-refractivity contribution in [3.8, 4) is 0 Å². The van der Waals surface area contributed by atoms with E-state index in [9.17, 15) is 9.59 Å². The van der Waals surface area contributed by atoms with Gasteiger partial charge in [0, 0.05) is 6.54 Å². The Hall–Kier alpha value is -3.71. The topological polar surface area (TPSA) is 73.5 Å². The fraction of sp³-hybridized carbons (Fsp3) is 0.0870. The smallest absolute Gasteiger partial charge is 0.344 e. The van der Waals surface area contributed by atoms with Gasteiger partial charge in [-0.05, 0) is 28.9 Å². The Balaban J connectivity index is 1.58. The van der Waals surface area contributed by atoms with Crippen molar-refractivity contribution in [1.29, 1.82) is 0 Å². The van der Waals surface area contributed by atoms with E-state index in [1.807, 2.05) is 91.0 Å². The van der Waals surface area contributed by atoms with Crippen LogP contribution in [0.3, 0.4) is 0 Å². The Morgan fingerprint density at radius 3 is 1.87 bits per heavy atom. The molecule has 1 heterocycles. The zero-order valence-electron chi connectivity index (χ0n) is 16.0. The van der Waals surface area contributed by atoms with Crippen LogP contribution in [-0.4, -0.2) is 22.1 Å². The van der Waals surface area contributed by atoms with Crippen molar-refractivity contribution >= 4 is 29.3 Å². The number of nitrogens with zero attached hydrogens (tertiary/aromatic N) is 1. The van der Waals surface area contributed by atoms with E-state index in [2.05, 4.69) is 16.1 Å². The van der Waals surface area contributed by atoms with Gasteiger partial charge < -0.3 is 10.6 Å². The summed E-state index contributed by atoms with van der Waals surface area (Å²) in [6, 6.07) is 27.5. The number of imide groups is 1. The molecule has 3 aromatic carbocycles. The molecule has 6 nitrogen and oxygen atoms in total. The molecule has 0 bridgehead atoms. The van der Waals surface area contributed by atoms with Crippen molar-refractivity contribution in [2.24, 2.45) is 0 Å². The Morgan fingerprint density at radius 2 is 1.33 bits per heavy atom. The first-order valence-electron chi connectivity index (χ1n) is 9.47. The van der Waals surface area contributed by atoms with Crippen LogP contribution in [0.15, 0.2) is 91.0 Å². The molecule has 30 heavy (non-hydrogen) atoms. The van der Waals surface area contributed by atoms with Gasteiger partial charge in [-0.1, -0.05) is 91.0 Å². The molecular weight excluding hydrogens is 396 g/mol. The molecule has 0 aliphatic carbocycles. The van der Waals surface area contributed by atoms with Crippen LogP contribution in [0.4, 0.5) is 4.79 Å². The SMILES string of the molecule is O=C1NC(c2ccccc2)(c2ccccc2)C(=O)N1NC(=S)NCc1ccccc1. The normalized spacial score (nSPS) is 14.9. The van der Waals surface area contributed by atoms with Crippen LogP contribution in [0.1, 0.15) is 16.7 Å². The van der Waals surface area contributed by atoms with Crippen LogP contribution in [0, 0.1) is 0 Å². The van der Waals surface area contributed by atoms with Gasteiger partial charge in [0.05, 0.1) is 0 Å². The largest absolute Gasteiger partial charge is 0.357 e. The monoisotopic (exact) mass is 416 g/mol. The first-order valence-corrected chi connectivity index (χ1v) is 9.88. The van der Waals surface area contributed by atoms with E-state index >= 15 is 0 Å². The van der Waals surface area contributed by atoms with Gasteiger partial charge in [0.2, 0.25) is 0 Å². The van der Waals surface area contributed by atoms with Gasteiger partial charge in [-0.3, -0.25) is 10.2 Å². The third kappa shape index (κ3) is 3.62. The lowest BCUT2D eigenvalue weighted by atomic mass is 9.83. The van der Waals surface area contributed by atoms with Gasteiger partial charge >= 0.3 is 6.03 Å². The second-order valence-corrected chi connectivity index (χ2v) is 7.24. The highest BCUT2D eigenvalue weighted by atomic mass is 32.1. The number of benzene rings is 3. The Labute approximate surface area is 179 Å². The van der Waals surface area contributed by atoms with Gasteiger partial charge in [-0.25, -0.2) is 4.79 Å². The molecule has 0 aromatic heterocycles. The minimum Gasteiger partial charge on any atom is -0.357 e. The van der Waals surface area contributed by atoms with E-state index in [0.717, 1.165) is 10.6 Å². The van der Waals surface area contributed by atoms with Gasteiger partial charge in [0.15, 0.2) is 10.7 Å². The molecule has 1 aliphatic heterocycles. The maximum Gasteiger partial charge on any atom is 0.344 e. The molecule has 150 valence electrons. The van der Waals surface area contributed by atoms with E-state index in [1.54, 1.807) is 0 Å². The lowest BCUT2D eigenvalue weighted by Crippen LogP contribution is -2.51. The molecule has 3 amide bonds. The fourth-order valence-corrected chi connectivity index (χ4v) is 3.65. The van der Waals surface area contributed by atoms with Gasteiger partial charge in [0.25, 0.3) is 5.91 Å². The first-order chi connectivity index (χ1) is 14.6. The predicted molar refractivity (Wildman–Crippen MR) is 118 cm³/mol. The van der Waals surface area contributed by atoms with Gasteiger partial charge in [-0.2, -0.15) is 5.01 Å². The number of hydrogen-bond donors (Lipinski definition) is 3. The summed E-state index contributed by atoms with van der Waals surface area (Å²) in [6.45, 7) is 0.471. The van der Waals surface area contributed by atoms with E-state index in [1.165, 1.54) is 0 Å². The highest BCUT2D eigenvalue weighted by Gasteiger charge is 2.54. The van der Waals surface area contributed by atoms with Crippen LogP contribution in [0.2, 0.25) is 0 Å². The first kappa shape index (κ1) is 19.6. The summed E-state index contributed by atoms with van der Waals surface area (Å²) >= 11 is 5.31. The van der Waals surface area contributed by atoms with Crippen molar-refractivity contribution in [2.45, 2.75) is 12.1 Å². The lowest BCUT2D eigenvalue weighted by molar-refractivity contribution is -0.131. The van der Waals surface area contributed by atoms with Crippen molar-refractivity contribution in [1.82, 2.24) is 21.1 Å². The van der Waals surface area contributed by atoms with Crippen molar-refractivity contribution < 1.29 is 9.59 Å². The number of carbonyl (C=O) groups excluding carboxylic acids is 2. The zero-order chi connectivity index (χ0) is 21.0. The average molecular weight is 417 g/mol. The third-order valence-electron chi connectivity index (χ3n) is 4.94. The van der Waals surface area contributed by atoms with E-state index in [-0.39, 0.29) is 5.11 Å². The molecule has 3 N–H and O–H groups in total. The summed E-state index contributed by atoms with van der Waals surface area (Å²) in [6.07, 6.45) is 0. The van der Waals surface area contributed by atoms with Crippen molar-refractivity contribution in [3.63, 3.8) is 0 Å². The fourth-order valence-electron chi connectivity index (χ4n) is 3.48. The van der Waals surface area contributed by atoms with E-state index < -0.39 is 17.5 Å². The highest BCUT2D eigenvalue weighted by molar-refractivity contribution is 7.80. The summed E-state index contributed by atoms with van der Waals surface area (Å²) in [4.78, 5) is 26.3. The molecule has 0 spiro atoms. The molecule has 0 unspecified atom stereocenters. The summed E-state index contributed by atoms with van der Waals surface area (Å²) in [5, 5.41) is 7.00. The summed E-state index contributed by atoms with van der Waals surface area (Å²) < 4.78 is 0. The molecule has 1 saturated heterocycles. The standard InChI is InChI=1S/C23H20N4O2S/c28-20-23(18-12-6-2-7-13-18,19-14-8-3-9-15-19)25-22(29)27(20)26-21(30)24-16-17-10-4-1-5-11-17/h1-15H,16H2,(H,25,29)(H2,24,26,30). The second kappa shape index (κ2) is 8.34. The van der Waals surface area contributed by atoms with Crippen LogP contribution < -0.4 is 16.1 Å². The average Bonchev–Trinajstić information content (AvgIpc) is 3.05. The summed E-state index contributed by atoms with van der Waals surface area (Å²) in [5.41, 5.74) is 3.77. The van der Waals surface area contributed by atoms with Crippen LogP contribution in [0.25, 0.3) is 0 Å². The van der Waals surface area contributed by atoms with Crippen molar-refractivity contribution in [2.75, 3.05) is 0 Å². The highest BCUT2D eigenvalue weighted by Crippen LogP contribution is 2.35. The Bertz CT molecular complexity index is 1020. The third-order valence-corrected chi connectivity index (χ3v) is 5.18. The van der Waals surface area contributed by atoms with E-state index in [0.29, 0.717) is 17.7 Å². The lowest BCUT2D eigenvalue weighted by Gasteiger charge is -2.28. The van der Waals surface area contributed by atoms with E-state index in [4.69, 9.17) is 12.2 Å². The molecule has 4 rings (SSSR count). The zero-order valence-corrected chi connectivity index (χ0v) is 16.9. The van der Waals surface area contributed by atoms with Crippen LogP contribution >= 0.6 is 12.2 Å². The predicted octanol–water partition coefficient (Wildman–Crippen LogP) is 3.06. The number of hydrogen-bond acceptors (Lipinski definition) is 3. The number of thiocarbonyl (C=S) groups is 1. The quantitative estimate of drug-likeness (QED) is 0.440. The Morgan fingerprint density at radius 1 is 0.833 bits per heavy atom. The summed E-state index contributed by atoms with van der Waals surface area (Å²) in [7, 11) is 0. The maximum absolute atomic E-state index is 13.5. The van der Waals surface area contributed by atoms with Crippen molar-refractivity contribution in [3.05, 3.63) is 108 Å².